The maximum atomic E-state index is 13.4. The van der Waals surface area contributed by atoms with Gasteiger partial charge in [0.05, 0.1) is 35.9 Å². The highest BCUT2D eigenvalue weighted by Crippen LogP contribution is 2.34. The summed E-state index contributed by atoms with van der Waals surface area (Å²) in [7, 11) is 1.67. The smallest absolute Gasteiger partial charge is 0.416 e. The highest BCUT2D eigenvalue weighted by Gasteiger charge is 2.32. The molecule has 1 atom stereocenters. The number of anilines is 1. The molecule has 0 bridgehead atoms. The van der Waals surface area contributed by atoms with Crippen LogP contribution in [0.5, 0.6) is 5.88 Å². The number of alkyl halides is 3. The van der Waals surface area contributed by atoms with E-state index in [1.54, 1.807) is 19.2 Å². The molecule has 1 unspecified atom stereocenters. The molecule has 2 aromatic heterocycles. The number of aliphatic carboxylic acids is 1. The normalized spacial score (nSPS) is 13.8. The second-order valence-corrected chi connectivity index (χ2v) is 8.99. The number of benzene rings is 1. The van der Waals surface area contributed by atoms with Gasteiger partial charge in [0.1, 0.15) is 5.82 Å². The fourth-order valence-corrected chi connectivity index (χ4v) is 4.40. The summed E-state index contributed by atoms with van der Waals surface area (Å²) >= 11 is 0. The van der Waals surface area contributed by atoms with Crippen LogP contribution in [-0.4, -0.2) is 39.0 Å². The SMILES string of the molecule is Cn1nc(CC(CC(=O)O)c2cc(C#N)cc(C(F)(F)F)c2)cc1OCCc1ccc2c(n1)NCCC2. The molecule has 11 heteroatoms. The highest BCUT2D eigenvalue weighted by molar-refractivity contribution is 5.68. The molecule has 0 saturated carbocycles. The Bertz CT molecular complexity index is 1330. The number of hydrogen-bond donors (Lipinski definition) is 2. The summed E-state index contributed by atoms with van der Waals surface area (Å²) in [6.45, 7) is 1.24. The summed E-state index contributed by atoms with van der Waals surface area (Å²) in [5.74, 6) is -0.630. The second-order valence-electron chi connectivity index (χ2n) is 8.99. The van der Waals surface area contributed by atoms with E-state index in [0.29, 0.717) is 24.6 Å². The lowest BCUT2D eigenvalue weighted by Crippen LogP contribution is -2.14. The van der Waals surface area contributed by atoms with Crippen LogP contribution in [0.1, 0.15) is 52.4 Å². The first-order chi connectivity index (χ1) is 17.6. The van der Waals surface area contributed by atoms with Crippen molar-refractivity contribution < 1.29 is 27.8 Å². The van der Waals surface area contributed by atoms with Crippen LogP contribution in [0.3, 0.4) is 0 Å². The minimum Gasteiger partial charge on any atom is -0.481 e. The lowest BCUT2D eigenvalue weighted by molar-refractivity contribution is -0.138. The van der Waals surface area contributed by atoms with Crippen LogP contribution in [0.2, 0.25) is 0 Å². The number of nitrogens with one attached hydrogen (secondary N) is 1. The van der Waals surface area contributed by atoms with Crippen molar-refractivity contribution in [3.8, 4) is 11.9 Å². The molecule has 1 aliphatic heterocycles. The Morgan fingerprint density at radius 2 is 2.08 bits per heavy atom. The van der Waals surface area contributed by atoms with E-state index in [9.17, 15) is 28.3 Å². The van der Waals surface area contributed by atoms with E-state index >= 15 is 0 Å². The van der Waals surface area contributed by atoms with E-state index in [1.807, 2.05) is 6.07 Å². The third-order valence-electron chi connectivity index (χ3n) is 6.21. The average molecular weight is 514 g/mol. The molecule has 37 heavy (non-hydrogen) atoms. The van der Waals surface area contributed by atoms with Crippen molar-refractivity contribution >= 4 is 11.8 Å². The Labute approximate surface area is 211 Å². The molecule has 1 aliphatic rings. The molecule has 0 radical (unpaired) electrons. The number of carbonyl (C=O) groups is 1. The summed E-state index contributed by atoms with van der Waals surface area (Å²) in [6.07, 6.45) is -2.36. The molecule has 0 amide bonds. The van der Waals surface area contributed by atoms with E-state index in [0.717, 1.165) is 43.0 Å². The van der Waals surface area contributed by atoms with Crippen LogP contribution >= 0.6 is 0 Å². The summed E-state index contributed by atoms with van der Waals surface area (Å²) < 4.78 is 47.4. The minimum absolute atomic E-state index is 0.0632. The van der Waals surface area contributed by atoms with Gasteiger partial charge in [0.25, 0.3) is 0 Å². The number of halogens is 3. The zero-order chi connectivity index (χ0) is 26.6. The third kappa shape index (κ3) is 6.58. The molecule has 3 heterocycles. The number of rotatable bonds is 9. The Morgan fingerprint density at radius 1 is 1.27 bits per heavy atom. The van der Waals surface area contributed by atoms with Crippen molar-refractivity contribution in [3.63, 3.8) is 0 Å². The quantitative estimate of drug-likeness (QED) is 0.434. The standard InChI is InChI=1S/C26H26F3N5O3/c1-34-23(37-8-6-21-5-4-17-3-2-7-31-25(17)32-21)14-22(33-34)12-19(13-24(35)36)18-9-16(15-30)10-20(11-18)26(27,28)29/h4-5,9-11,14,19H,2-3,6-8,12-13H2,1H3,(H,31,32)(H,35,36). The number of nitrogens with zero attached hydrogens (tertiary/aromatic N) is 4. The maximum absolute atomic E-state index is 13.4. The lowest BCUT2D eigenvalue weighted by atomic mass is 9.89. The van der Waals surface area contributed by atoms with Gasteiger partial charge in [-0.1, -0.05) is 6.07 Å². The first kappa shape index (κ1) is 26.0. The summed E-state index contributed by atoms with van der Waals surface area (Å²) in [6, 6.07) is 10.4. The maximum Gasteiger partial charge on any atom is 0.416 e. The van der Waals surface area contributed by atoms with Crippen LogP contribution in [0.4, 0.5) is 19.0 Å². The molecule has 4 rings (SSSR count). The number of carboxylic acids is 1. The van der Waals surface area contributed by atoms with Crippen LogP contribution in [-0.2, 0) is 37.3 Å². The number of hydrogen-bond acceptors (Lipinski definition) is 6. The Hall–Kier alpha value is -4.07. The fourth-order valence-electron chi connectivity index (χ4n) is 4.40. The minimum atomic E-state index is -4.66. The third-order valence-corrected chi connectivity index (χ3v) is 6.21. The van der Waals surface area contributed by atoms with Crippen LogP contribution in [0.25, 0.3) is 0 Å². The molecule has 1 aromatic carbocycles. The number of ether oxygens (including phenoxy) is 1. The van der Waals surface area contributed by atoms with Gasteiger partial charge in [0.2, 0.25) is 5.88 Å². The van der Waals surface area contributed by atoms with Gasteiger partial charge in [-0.25, -0.2) is 9.67 Å². The van der Waals surface area contributed by atoms with Crippen LogP contribution in [0.15, 0.2) is 36.4 Å². The molecule has 0 aliphatic carbocycles. The van der Waals surface area contributed by atoms with Crippen molar-refractivity contribution in [1.29, 1.82) is 5.26 Å². The van der Waals surface area contributed by atoms with Crippen LogP contribution < -0.4 is 10.1 Å². The fraction of sp³-hybridized carbons (Fsp3) is 0.385. The van der Waals surface area contributed by atoms with Gasteiger partial charge in [-0.3, -0.25) is 4.79 Å². The van der Waals surface area contributed by atoms with E-state index in [1.165, 1.54) is 16.3 Å². The van der Waals surface area contributed by atoms with E-state index in [2.05, 4.69) is 21.5 Å². The first-order valence-corrected chi connectivity index (χ1v) is 11.8. The Morgan fingerprint density at radius 3 is 2.81 bits per heavy atom. The van der Waals surface area contributed by atoms with Gasteiger partial charge in [-0.15, -0.1) is 0 Å². The van der Waals surface area contributed by atoms with Gasteiger partial charge < -0.3 is 15.2 Å². The van der Waals surface area contributed by atoms with Crippen molar-refractivity contribution in [3.05, 3.63) is 70.0 Å². The van der Waals surface area contributed by atoms with Gasteiger partial charge in [0.15, 0.2) is 0 Å². The van der Waals surface area contributed by atoms with Crippen molar-refractivity contribution in [2.24, 2.45) is 7.05 Å². The highest BCUT2D eigenvalue weighted by atomic mass is 19.4. The average Bonchev–Trinajstić information content (AvgIpc) is 3.21. The molecular formula is C26H26F3N5O3. The molecule has 0 spiro atoms. The number of nitriles is 1. The first-order valence-electron chi connectivity index (χ1n) is 11.8. The van der Waals surface area contributed by atoms with E-state index < -0.39 is 30.0 Å². The number of fused-ring (bicyclic) bond motifs is 1. The van der Waals surface area contributed by atoms with Crippen LogP contribution in [0, 0.1) is 11.3 Å². The van der Waals surface area contributed by atoms with Gasteiger partial charge >= 0.3 is 12.1 Å². The zero-order valence-electron chi connectivity index (χ0n) is 20.2. The zero-order valence-corrected chi connectivity index (χ0v) is 20.2. The molecule has 0 fully saturated rings. The Balaban J connectivity index is 1.47. The second kappa shape index (κ2) is 10.9. The van der Waals surface area contributed by atoms with Gasteiger partial charge in [-0.05, 0) is 60.6 Å². The van der Waals surface area contributed by atoms with Gasteiger partial charge in [-0.2, -0.15) is 23.5 Å². The van der Waals surface area contributed by atoms with Gasteiger partial charge in [0, 0.05) is 31.8 Å². The molecular weight excluding hydrogens is 487 g/mol. The Kier molecular flexibility index (Phi) is 7.66. The van der Waals surface area contributed by atoms with Crippen molar-refractivity contribution in [2.75, 3.05) is 18.5 Å². The monoisotopic (exact) mass is 513 g/mol. The summed E-state index contributed by atoms with van der Waals surface area (Å²) in [4.78, 5) is 16.1. The predicted molar refractivity (Wildman–Crippen MR) is 128 cm³/mol. The summed E-state index contributed by atoms with van der Waals surface area (Å²) in [5, 5.41) is 26.2. The lowest BCUT2D eigenvalue weighted by Gasteiger charge is -2.17. The molecule has 8 nitrogen and oxygen atoms in total. The topological polar surface area (TPSA) is 113 Å². The number of carboxylic acid groups (broad SMARTS) is 1. The number of aryl methyl sites for hydroxylation is 2. The van der Waals surface area contributed by atoms with E-state index in [-0.39, 0.29) is 17.5 Å². The number of aromatic nitrogens is 3. The molecule has 3 aromatic rings. The largest absolute Gasteiger partial charge is 0.481 e. The molecule has 194 valence electrons. The predicted octanol–water partition coefficient (Wildman–Crippen LogP) is 4.49. The van der Waals surface area contributed by atoms with Crippen molar-refractivity contribution in [1.82, 2.24) is 14.8 Å². The van der Waals surface area contributed by atoms with E-state index in [4.69, 9.17) is 4.74 Å². The number of pyridine rings is 1. The summed E-state index contributed by atoms with van der Waals surface area (Å²) in [5.41, 5.74) is 1.50. The molecule has 0 saturated heterocycles. The van der Waals surface area contributed by atoms with Crippen molar-refractivity contribution in [2.45, 2.75) is 44.2 Å². The molecule has 2 N–H and O–H groups in total.